The third kappa shape index (κ3) is 4.70. The molecule has 2 amide bonds. The molecule has 1 heterocycles. The number of hydrogen-bond donors (Lipinski definition) is 1. The van der Waals surface area contributed by atoms with E-state index in [1.807, 2.05) is 25.7 Å². The number of nitrogens with zero attached hydrogens (tertiary/aromatic N) is 2. The van der Waals surface area contributed by atoms with Crippen molar-refractivity contribution in [1.82, 2.24) is 15.1 Å². The van der Waals surface area contributed by atoms with Crippen molar-refractivity contribution in [1.29, 1.82) is 0 Å². The molecule has 5 heteroatoms. The first-order valence-electron chi connectivity index (χ1n) is 8.17. The van der Waals surface area contributed by atoms with E-state index in [2.05, 4.69) is 10.2 Å². The maximum Gasteiger partial charge on any atom is 0.234 e. The lowest BCUT2D eigenvalue weighted by Crippen LogP contribution is -2.53. The van der Waals surface area contributed by atoms with Crippen molar-refractivity contribution in [2.24, 2.45) is 5.41 Å². The van der Waals surface area contributed by atoms with Crippen LogP contribution in [0.15, 0.2) is 0 Å². The van der Waals surface area contributed by atoms with Crippen LogP contribution in [0, 0.1) is 5.41 Å². The second-order valence-corrected chi connectivity index (χ2v) is 7.37. The van der Waals surface area contributed by atoms with Gasteiger partial charge >= 0.3 is 0 Å². The fourth-order valence-electron chi connectivity index (χ4n) is 3.13. The number of rotatable bonds is 3. The van der Waals surface area contributed by atoms with Gasteiger partial charge in [0.2, 0.25) is 11.8 Å². The largest absolute Gasteiger partial charge is 0.352 e. The van der Waals surface area contributed by atoms with Gasteiger partial charge in [-0.05, 0) is 12.8 Å². The SMILES string of the molecule is CC(C)(C)C(=O)N1CCN(CC(=O)NC2CCCC2)CC1. The highest BCUT2D eigenvalue weighted by atomic mass is 16.2. The molecule has 1 aliphatic carbocycles. The molecule has 120 valence electrons. The summed E-state index contributed by atoms with van der Waals surface area (Å²) in [5.41, 5.74) is -0.317. The topological polar surface area (TPSA) is 52.7 Å². The summed E-state index contributed by atoms with van der Waals surface area (Å²) in [5, 5.41) is 3.12. The molecule has 0 aromatic heterocycles. The van der Waals surface area contributed by atoms with Gasteiger partial charge in [0, 0.05) is 37.6 Å². The Morgan fingerprint density at radius 3 is 2.14 bits per heavy atom. The average molecular weight is 295 g/mol. The van der Waals surface area contributed by atoms with Crippen LogP contribution in [-0.2, 0) is 9.59 Å². The normalized spacial score (nSPS) is 21.6. The van der Waals surface area contributed by atoms with Crippen molar-refractivity contribution in [2.75, 3.05) is 32.7 Å². The molecular weight excluding hydrogens is 266 g/mol. The van der Waals surface area contributed by atoms with Crippen molar-refractivity contribution < 1.29 is 9.59 Å². The minimum Gasteiger partial charge on any atom is -0.352 e. The first kappa shape index (κ1) is 16.3. The number of piperazine rings is 1. The molecule has 0 aromatic carbocycles. The van der Waals surface area contributed by atoms with Gasteiger partial charge < -0.3 is 10.2 Å². The summed E-state index contributed by atoms with van der Waals surface area (Å²) in [5.74, 6) is 0.343. The zero-order chi connectivity index (χ0) is 15.5. The van der Waals surface area contributed by atoms with Gasteiger partial charge in [0.1, 0.15) is 0 Å². The van der Waals surface area contributed by atoms with Crippen LogP contribution in [0.5, 0.6) is 0 Å². The Morgan fingerprint density at radius 1 is 1.05 bits per heavy atom. The minimum absolute atomic E-state index is 0.137. The number of nitrogens with one attached hydrogen (secondary N) is 1. The lowest BCUT2D eigenvalue weighted by molar-refractivity contribution is -0.141. The lowest BCUT2D eigenvalue weighted by Gasteiger charge is -2.37. The summed E-state index contributed by atoms with van der Waals surface area (Å²) < 4.78 is 0. The van der Waals surface area contributed by atoms with Crippen LogP contribution in [0.1, 0.15) is 46.5 Å². The Bertz CT molecular complexity index is 375. The Kier molecular flexibility index (Phi) is 5.25. The highest BCUT2D eigenvalue weighted by Gasteiger charge is 2.30. The fraction of sp³-hybridized carbons (Fsp3) is 0.875. The maximum absolute atomic E-state index is 12.2. The van der Waals surface area contributed by atoms with Crippen molar-refractivity contribution >= 4 is 11.8 Å². The summed E-state index contributed by atoms with van der Waals surface area (Å²) in [4.78, 5) is 28.3. The van der Waals surface area contributed by atoms with E-state index >= 15 is 0 Å². The summed E-state index contributed by atoms with van der Waals surface area (Å²) in [6.45, 7) is 9.37. The van der Waals surface area contributed by atoms with Gasteiger partial charge in [-0.2, -0.15) is 0 Å². The molecule has 0 atom stereocenters. The maximum atomic E-state index is 12.2. The van der Waals surface area contributed by atoms with Crippen LogP contribution >= 0.6 is 0 Å². The molecule has 5 nitrogen and oxygen atoms in total. The number of hydrogen-bond acceptors (Lipinski definition) is 3. The standard InChI is InChI=1S/C16H29N3O2/c1-16(2,3)15(21)19-10-8-18(9-11-19)12-14(20)17-13-6-4-5-7-13/h13H,4-12H2,1-3H3,(H,17,20). The molecule has 2 rings (SSSR count). The second-order valence-electron chi connectivity index (χ2n) is 7.37. The van der Waals surface area contributed by atoms with Gasteiger partial charge in [-0.3, -0.25) is 14.5 Å². The zero-order valence-electron chi connectivity index (χ0n) is 13.7. The molecule has 0 aromatic rings. The predicted molar refractivity (Wildman–Crippen MR) is 82.9 cm³/mol. The van der Waals surface area contributed by atoms with Gasteiger partial charge in [-0.25, -0.2) is 0 Å². The Hall–Kier alpha value is -1.10. The summed E-state index contributed by atoms with van der Waals surface area (Å²) in [6, 6.07) is 0.390. The average Bonchev–Trinajstić information content (AvgIpc) is 2.90. The van der Waals surface area contributed by atoms with E-state index in [0.29, 0.717) is 12.6 Å². The third-order valence-corrected chi connectivity index (χ3v) is 4.39. The van der Waals surface area contributed by atoms with E-state index in [1.54, 1.807) is 0 Å². The molecule has 1 saturated carbocycles. The van der Waals surface area contributed by atoms with Gasteiger partial charge in [0.15, 0.2) is 0 Å². The van der Waals surface area contributed by atoms with Gasteiger partial charge in [-0.1, -0.05) is 33.6 Å². The Morgan fingerprint density at radius 2 is 1.62 bits per heavy atom. The molecule has 2 aliphatic rings. The molecule has 1 aliphatic heterocycles. The van der Waals surface area contributed by atoms with Gasteiger partial charge in [0.25, 0.3) is 0 Å². The van der Waals surface area contributed by atoms with Crippen molar-refractivity contribution in [2.45, 2.75) is 52.5 Å². The smallest absolute Gasteiger partial charge is 0.234 e. The molecule has 0 spiro atoms. The summed E-state index contributed by atoms with van der Waals surface area (Å²) in [6.07, 6.45) is 4.72. The van der Waals surface area contributed by atoms with Crippen LogP contribution in [0.3, 0.4) is 0 Å². The highest BCUT2D eigenvalue weighted by molar-refractivity contribution is 5.81. The summed E-state index contributed by atoms with van der Waals surface area (Å²) >= 11 is 0. The van der Waals surface area contributed by atoms with Gasteiger partial charge in [0.05, 0.1) is 6.54 Å². The minimum atomic E-state index is -0.317. The van der Waals surface area contributed by atoms with Crippen LogP contribution in [0.25, 0.3) is 0 Å². The molecule has 21 heavy (non-hydrogen) atoms. The molecule has 0 bridgehead atoms. The summed E-state index contributed by atoms with van der Waals surface area (Å²) in [7, 11) is 0. The van der Waals surface area contributed by atoms with Crippen LogP contribution in [0.4, 0.5) is 0 Å². The van der Waals surface area contributed by atoms with E-state index < -0.39 is 0 Å². The molecule has 1 saturated heterocycles. The van der Waals surface area contributed by atoms with Crippen LogP contribution in [-0.4, -0.2) is 60.4 Å². The van der Waals surface area contributed by atoms with Crippen molar-refractivity contribution in [3.8, 4) is 0 Å². The van der Waals surface area contributed by atoms with E-state index in [9.17, 15) is 9.59 Å². The van der Waals surface area contributed by atoms with Crippen molar-refractivity contribution in [3.05, 3.63) is 0 Å². The number of amides is 2. The molecule has 1 N–H and O–H groups in total. The highest BCUT2D eigenvalue weighted by Crippen LogP contribution is 2.19. The third-order valence-electron chi connectivity index (χ3n) is 4.39. The lowest BCUT2D eigenvalue weighted by atomic mass is 9.94. The fourth-order valence-corrected chi connectivity index (χ4v) is 3.13. The number of carbonyl (C=O) groups excluding carboxylic acids is 2. The Labute approximate surface area is 128 Å². The molecular formula is C16H29N3O2. The first-order chi connectivity index (χ1) is 9.86. The van der Waals surface area contributed by atoms with E-state index in [0.717, 1.165) is 39.0 Å². The monoisotopic (exact) mass is 295 g/mol. The predicted octanol–water partition coefficient (Wildman–Crippen LogP) is 1.24. The van der Waals surface area contributed by atoms with E-state index in [1.165, 1.54) is 12.8 Å². The second kappa shape index (κ2) is 6.77. The van der Waals surface area contributed by atoms with Crippen LogP contribution in [0.2, 0.25) is 0 Å². The first-order valence-corrected chi connectivity index (χ1v) is 8.17. The van der Waals surface area contributed by atoms with E-state index in [-0.39, 0.29) is 17.2 Å². The Balaban J connectivity index is 1.71. The van der Waals surface area contributed by atoms with Crippen LogP contribution < -0.4 is 5.32 Å². The zero-order valence-corrected chi connectivity index (χ0v) is 13.7. The van der Waals surface area contributed by atoms with Crippen molar-refractivity contribution in [3.63, 3.8) is 0 Å². The molecule has 0 unspecified atom stereocenters. The molecule has 2 fully saturated rings. The quantitative estimate of drug-likeness (QED) is 0.852. The van der Waals surface area contributed by atoms with E-state index in [4.69, 9.17) is 0 Å². The van der Waals surface area contributed by atoms with Gasteiger partial charge in [-0.15, -0.1) is 0 Å². The number of carbonyl (C=O) groups is 2. The molecule has 0 radical (unpaired) electrons.